The average molecular weight is 236 g/mol. The Bertz CT molecular complexity index is 430. The van der Waals surface area contributed by atoms with Crippen LogP contribution in [0.25, 0.3) is 0 Å². The van der Waals surface area contributed by atoms with Crippen LogP contribution < -0.4 is 5.32 Å². The largest absolute Gasteiger partial charge is 0.480 e. The van der Waals surface area contributed by atoms with Gasteiger partial charge >= 0.3 is 5.97 Å². The molecule has 0 spiro atoms. The summed E-state index contributed by atoms with van der Waals surface area (Å²) in [7, 11) is 0. The predicted octanol–water partition coefficient (Wildman–Crippen LogP) is 0.244. The number of nitrogens with one attached hydrogen (secondary N) is 1. The molecule has 1 unspecified atom stereocenters. The summed E-state index contributed by atoms with van der Waals surface area (Å²) in [6, 6.07) is 1.92. The summed E-state index contributed by atoms with van der Waals surface area (Å²) in [6.45, 7) is 1.20. The lowest BCUT2D eigenvalue weighted by Crippen LogP contribution is -2.41. The lowest BCUT2D eigenvalue weighted by molar-refractivity contribution is -0.141. The highest BCUT2D eigenvalue weighted by Crippen LogP contribution is 2.04. The molecule has 1 rings (SSSR count). The number of pyridine rings is 1. The van der Waals surface area contributed by atoms with Gasteiger partial charge in [-0.25, -0.2) is 4.79 Å². The van der Waals surface area contributed by atoms with Crippen molar-refractivity contribution in [2.24, 2.45) is 0 Å². The Hall–Kier alpha value is -2.24. The molecule has 0 radical (unpaired) electrons. The molecule has 6 heteroatoms. The van der Waals surface area contributed by atoms with Crippen LogP contribution in [0.1, 0.15) is 23.7 Å². The van der Waals surface area contributed by atoms with E-state index in [0.29, 0.717) is 5.56 Å². The van der Waals surface area contributed by atoms with Gasteiger partial charge < -0.3 is 10.4 Å². The van der Waals surface area contributed by atoms with Gasteiger partial charge in [0.2, 0.25) is 5.91 Å². The highest BCUT2D eigenvalue weighted by Gasteiger charge is 2.22. The quantitative estimate of drug-likeness (QED) is 0.714. The van der Waals surface area contributed by atoms with E-state index in [2.05, 4.69) is 10.3 Å². The van der Waals surface area contributed by atoms with E-state index in [-0.39, 0.29) is 12.2 Å². The Morgan fingerprint density at radius 3 is 2.65 bits per heavy atom. The van der Waals surface area contributed by atoms with Gasteiger partial charge in [0, 0.05) is 31.3 Å². The smallest absolute Gasteiger partial charge is 0.326 e. The van der Waals surface area contributed by atoms with Gasteiger partial charge in [-0.15, -0.1) is 0 Å². The second kappa shape index (κ2) is 5.74. The molecule has 1 aromatic heterocycles. The van der Waals surface area contributed by atoms with Crippen molar-refractivity contribution in [3.8, 4) is 0 Å². The summed E-state index contributed by atoms with van der Waals surface area (Å²) in [5.41, 5.74) is 0.323. The standard InChI is InChI=1S/C11H12N2O4/c1-7(14)13-9(11(16)17)5-10(15)8-3-2-4-12-6-8/h2-4,6,9H,5H2,1H3,(H,13,14)(H,16,17). The second-order valence-electron chi connectivity index (χ2n) is 3.46. The number of carbonyl (C=O) groups is 3. The third kappa shape index (κ3) is 4.02. The maximum absolute atomic E-state index is 11.7. The molecule has 0 bridgehead atoms. The maximum Gasteiger partial charge on any atom is 0.326 e. The molecule has 0 saturated heterocycles. The van der Waals surface area contributed by atoms with Crippen molar-refractivity contribution in [1.82, 2.24) is 10.3 Å². The topological polar surface area (TPSA) is 96.4 Å². The van der Waals surface area contributed by atoms with Gasteiger partial charge in [0.15, 0.2) is 5.78 Å². The van der Waals surface area contributed by atoms with Crippen LogP contribution in [0.5, 0.6) is 0 Å². The normalized spacial score (nSPS) is 11.6. The van der Waals surface area contributed by atoms with Gasteiger partial charge in [-0.3, -0.25) is 14.6 Å². The van der Waals surface area contributed by atoms with E-state index in [4.69, 9.17) is 5.11 Å². The summed E-state index contributed by atoms with van der Waals surface area (Å²) < 4.78 is 0. The molecular formula is C11H12N2O4. The third-order valence-electron chi connectivity index (χ3n) is 2.05. The van der Waals surface area contributed by atoms with E-state index in [1.165, 1.54) is 19.3 Å². The van der Waals surface area contributed by atoms with Gasteiger partial charge in [0.05, 0.1) is 0 Å². The SMILES string of the molecule is CC(=O)NC(CC(=O)c1cccnc1)C(=O)O. The number of Topliss-reactive ketones (excluding diaryl/α,β-unsaturated/α-hetero) is 1. The molecule has 0 aliphatic heterocycles. The number of carbonyl (C=O) groups excluding carboxylic acids is 2. The zero-order valence-corrected chi connectivity index (χ0v) is 9.21. The minimum absolute atomic E-state index is 0.291. The molecule has 1 heterocycles. The highest BCUT2D eigenvalue weighted by molar-refractivity contribution is 5.99. The Kier molecular flexibility index (Phi) is 4.33. The minimum Gasteiger partial charge on any atom is -0.480 e. The van der Waals surface area contributed by atoms with Crippen LogP contribution in [0.4, 0.5) is 0 Å². The van der Waals surface area contributed by atoms with E-state index in [1.807, 2.05) is 0 Å². The monoisotopic (exact) mass is 236 g/mol. The van der Waals surface area contributed by atoms with E-state index in [0.717, 1.165) is 0 Å². The highest BCUT2D eigenvalue weighted by atomic mass is 16.4. The number of aromatic nitrogens is 1. The van der Waals surface area contributed by atoms with Crippen LogP contribution in [-0.2, 0) is 9.59 Å². The summed E-state index contributed by atoms with van der Waals surface area (Å²) in [5, 5.41) is 11.0. The van der Waals surface area contributed by atoms with Crippen molar-refractivity contribution < 1.29 is 19.5 Å². The molecule has 0 aliphatic carbocycles. The maximum atomic E-state index is 11.7. The fourth-order valence-corrected chi connectivity index (χ4v) is 1.28. The number of aliphatic carboxylic acids is 1. The molecule has 0 aliphatic rings. The molecule has 1 atom stereocenters. The molecule has 1 aromatic rings. The zero-order valence-electron chi connectivity index (χ0n) is 9.21. The Morgan fingerprint density at radius 2 is 2.18 bits per heavy atom. The second-order valence-corrected chi connectivity index (χ2v) is 3.46. The number of amides is 1. The number of carboxylic acids is 1. The lowest BCUT2D eigenvalue weighted by Gasteiger charge is -2.11. The molecule has 0 aromatic carbocycles. The number of hydrogen-bond donors (Lipinski definition) is 2. The first-order valence-corrected chi connectivity index (χ1v) is 4.94. The van der Waals surface area contributed by atoms with Crippen LogP contribution in [0.2, 0.25) is 0 Å². The first kappa shape index (κ1) is 12.8. The number of rotatable bonds is 5. The summed E-state index contributed by atoms with van der Waals surface area (Å²) in [5.74, 6) is -2.10. The van der Waals surface area contributed by atoms with Crippen LogP contribution in [0, 0.1) is 0 Å². The van der Waals surface area contributed by atoms with Crippen molar-refractivity contribution in [3.63, 3.8) is 0 Å². The van der Waals surface area contributed by atoms with Gasteiger partial charge in [0.1, 0.15) is 6.04 Å². The fraction of sp³-hybridized carbons (Fsp3) is 0.273. The first-order valence-electron chi connectivity index (χ1n) is 4.94. The van der Waals surface area contributed by atoms with E-state index < -0.39 is 17.9 Å². The Labute approximate surface area is 97.7 Å². The molecule has 0 saturated carbocycles. The molecular weight excluding hydrogens is 224 g/mol. The number of ketones is 1. The van der Waals surface area contributed by atoms with Crippen LogP contribution in [-0.4, -0.2) is 33.8 Å². The third-order valence-corrected chi connectivity index (χ3v) is 2.05. The molecule has 0 fully saturated rings. The van der Waals surface area contributed by atoms with Crippen molar-refractivity contribution in [3.05, 3.63) is 30.1 Å². The van der Waals surface area contributed by atoms with Crippen LogP contribution in [0.15, 0.2) is 24.5 Å². The van der Waals surface area contributed by atoms with E-state index >= 15 is 0 Å². The van der Waals surface area contributed by atoms with E-state index in [1.54, 1.807) is 12.1 Å². The summed E-state index contributed by atoms with van der Waals surface area (Å²) >= 11 is 0. The predicted molar refractivity (Wildman–Crippen MR) is 58.4 cm³/mol. The van der Waals surface area contributed by atoms with E-state index in [9.17, 15) is 14.4 Å². The Morgan fingerprint density at radius 1 is 1.47 bits per heavy atom. The van der Waals surface area contributed by atoms with Gasteiger partial charge in [-0.1, -0.05) is 0 Å². The van der Waals surface area contributed by atoms with Crippen LogP contribution >= 0.6 is 0 Å². The number of nitrogens with zero attached hydrogens (tertiary/aromatic N) is 1. The van der Waals surface area contributed by atoms with Crippen molar-refractivity contribution in [2.75, 3.05) is 0 Å². The first-order chi connectivity index (χ1) is 8.00. The Balaban J connectivity index is 2.71. The van der Waals surface area contributed by atoms with Gasteiger partial charge in [-0.2, -0.15) is 0 Å². The minimum atomic E-state index is -1.24. The van der Waals surface area contributed by atoms with Gasteiger partial charge in [0.25, 0.3) is 0 Å². The molecule has 6 nitrogen and oxygen atoms in total. The average Bonchev–Trinajstić information content (AvgIpc) is 2.28. The van der Waals surface area contributed by atoms with Gasteiger partial charge in [-0.05, 0) is 12.1 Å². The van der Waals surface area contributed by atoms with Crippen LogP contribution in [0.3, 0.4) is 0 Å². The lowest BCUT2D eigenvalue weighted by atomic mass is 10.1. The molecule has 2 N–H and O–H groups in total. The summed E-state index contributed by atoms with van der Waals surface area (Å²) in [6.07, 6.45) is 2.58. The molecule has 90 valence electrons. The zero-order chi connectivity index (χ0) is 12.8. The fourth-order valence-electron chi connectivity index (χ4n) is 1.28. The molecule has 17 heavy (non-hydrogen) atoms. The molecule has 1 amide bonds. The van der Waals surface area contributed by atoms with Crippen molar-refractivity contribution in [2.45, 2.75) is 19.4 Å². The van der Waals surface area contributed by atoms with Crippen molar-refractivity contribution in [1.29, 1.82) is 0 Å². The number of hydrogen-bond acceptors (Lipinski definition) is 4. The summed E-state index contributed by atoms with van der Waals surface area (Å²) in [4.78, 5) is 37.0. The number of carboxylic acid groups (broad SMARTS) is 1. The van der Waals surface area contributed by atoms with Crippen molar-refractivity contribution >= 4 is 17.7 Å².